The van der Waals surface area contributed by atoms with E-state index < -0.39 is 15.9 Å². The normalized spacial score (nSPS) is 10.5. The Hall–Kier alpha value is -4.11. The van der Waals surface area contributed by atoms with Gasteiger partial charge in [0.2, 0.25) is 5.91 Å². The van der Waals surface area contributed by atoms with Crippen molar-refractivity contribution in [3.8, 4) is 17.9 Å². The molecule has 32 heavy (non-hydrogen) atoms. The molecular weight excluding hydrogens is 426 g/mol. The van der Waals surface area contributed by atoms with Crippen LogP contribution in [0.2, 0.25) is 0 Å². The topological polar surface area (TPSA) is 122 Å². The van der Waals surface area contributed by atoms with E-state index >= 15 is 0 Å². The molecule has 3 N–H and O–H groups in total. The molecule has 0 fully saturated rings. The quantitative estimate of drug-likeness (QED) is 0.542. The highest BCUT2D eigenvalue weighted by Gasteiger charge is 2.14. The SMILES string of the molecule is N#Cc1ccc(S(=O)(=O)Nc2cccc(C#Cc3cccc(COCC(N)=O)c3)c2)cc1. The highest BCUT2D eigenvalue weighted by atomic mass is 32.2. The van der Waals surface area contributed by atoms with Crippen LogP contribution in [0.15, 0.2) is 77.7 Å². The van der Waals surface area contributed by atoms with Gasteiger partial charge in [0.15, 0.2) is 0 Å². The molecule has 3 aromatic rings. The van der Waals surface area contributed by atoms with Crippen LogP contribution in [0.4, 0.5) is 5.69 Å². The smallest absolute Gasteiger partial charge is 0.261 e. The van der Waals surface area contributed by atoms with Crippen LogP contribution in [0.5, 0.6) is 0 Å². The third-order valence-electron chi connectivity index (χ3n) is 4.20. The lowest BCUT2D eigenvalue weighted by Crippen LogP contribution is -2.17. The van der Waals surface area contributed by atoms with Crippen molar-refractivity contribution < 1.29 is 17.9 Å². The van der Waals surface area contributed by atoms with Crippen LogP contribution in [0.25, 0.3) is 0 Å². The van der Waals surface area contributed by atoms with E-state index in [2.05, 4.69) is 16.6 Å². The van der Waals surface area contributed by atoms with E-state index in [4.69, 9.17) is 15.7 Å². The Balaban J connectivity index is 1.73. The second-order valence-electron chi connectivity index (χ2n) is 6.73. The molecule has 0 bridgehead atoms. The Bertz CT molecular complexity index is 1330. The van der Waals surface area contributed by atoms with E-state index in [1.807, 2.05) is 30.3 Å². The van der Waals surface area contributed by atoms with Crippen LogP contribution < -0.4 is 10.5 Å². The lowest BCUT2D eigenvalue weighted by Gasteiger charge is -2.08. The van der Waals surface area contributed by atoms with Gasteiger partial charge in [-0.15, -0.1) is 0 Å². The van der Waals surface area contributed by atoms with Gasteiger partial charge in [-0.2, -0.15) is 5.26 Å². The summed E-state index contributed by atoms with van der Waals surface area (Å²) >= 11 is 0. The fourth-order valence-electron chi connectivity index (χ4n) is 2.74. The predicted octanol–water partition coefficient (Wildman–Crippen LogP) is 2.76. The number of anilines is 1. The summed E-state index contributed by atoms with van der Waals surface area (Å²) in [6.07, 6.45) is 0. The van der Waals surface area contributed by atoms with Gasteiger partial charge >= 0.3 is 0 Å². The van der Waals surface area contributed by atoms with Crippen LogP contribution in [0.3, 0.4) is 0 Å². The van der Waals surface area contributed by atoms with Gasteiger partial charge in [-0.05, 0) is 60.2 Å². The fourth-order valence-corrected chi connectivity index (χ4v) is 3.79. The van der Waals surface area contributed by atoms with Gasteiger partial charge in [-0.3, -0.25) is 9.52 Å². The standard InChI is InChI=1S/C24H19N3O4S/c25-15-20-9-11-23(12-10-20)32(29,30)27-22-6-2-4-19(14-22)8-7-18-3-1-5-21(13-18)16-31-17-24(26)28/h1-6,9-14,27H,16-17H2,(H2,26,28). The molecular formula is C24H19N3O4S. The van der Waals surface area contributed by atoms with Gasteiger partial charge in [0.25, 0.3) is 10.0 Å². The molecule has 7 nitrogen and oxygen atoms in total. The van der Waals surface area contributed by atoms with Gasteiger partial charge in [0.1, 0.15) is 6.61 Å². The van der Waals surface area contributed by atoms with Gasteiger partial charge in [0.05, 0.1) is 28.8 Å². The van der Waals surface area contributed by atoms with E-state index in [0.29, 0.717) is 16.8 Å². The van der Waals surface area contributed by atoms with Crippen molar-refractivity contribution in [2.45, 2.75) is 11.5 Å². The summed E-state index contributed by atoms with van der Waals surface area (Å²) in [5.41, 5.74) is 8.02. The summed E-state index contributed by atoms with van der Waals surface area (Å²) in [6.45, 7) is 0.0894. The number of carbonyl (C=O) groups excluding carboxylic acids is 1. The Labute approximate surface area is 186 Å². The van der Waals surface area contributed by atoms with Gasteiger partial charge < -0.3 is 10.5 Å². The number of carbonyl (C=O) groups is 1. The Morgan fingerprint density at radius 1 is 0.938 bits per heavy atom. The number of nitriles is 1. The van der Waals surface area contributed by atoms with Crippen molar-refractivity contribution in [2.75, 3.05) is 11.3 Å². The molecule has 0 unspecified atom stereocenters. The van der Waals surface area contributed by atoms with Crippen molar-refractivity contribution in [1.29, 1.82) is 5.26 Å². The van der Waals surface area contributed by atoms with Crippen LogP contribution in [-0.4, -0.2) is 20.9 Å². The molecule has 0 saturated carbocycles. The van der Waals surface area contributed by atoms with Gasteiger partial charge in [-0.25, -0.2) is 8.42 Å². The number of primary amides is 1. The number of sulfonamides is 1. The van der Waals surface area contributed by atoms with Crippen molar-refractivity contribution >= 4 is 21.6 Å². The summed E-state index contributed by atoms with van der Waals surface area (Å²) in [4.78, 5) is 10.8. The van der Waals surface area contributed by atoms with Crippen molar-refractivity contribution in [3.05, 3.63) is 95.1 Å². The molecule has 0 heterocycles. The summed E-state index contributed by atoms with van der Waals surface area (Å²) in [5, 5.41) is 8.85. The first kappa shape index (κ1) is 22.6. The van der Waals surface area contributed by atoms with Crippen LogP contribution in [-0.2, 0) is 26.2 Å². The number of ether oxygens (including phenoxy) is 1. The average molecular weight is 446 g/mol. The zero-order valence-corrected chi connectivity index (χ0v) is 17.7. The molecule has 8 heteroatoms. The fraction of sp³-hybridized carbons (Fsp3) is 0.0833. The third kappa shape index (κ3) is 6.44. The number of rotatable bonds is 7. The minimum absolute atomic E-state index is 0.0587. The largest absolute Gasteiger partial charge is 0.368 e. The second-order valence-corrected chi connectivity index (χ2v) is 8.41. The number of amides is 1. The maximum absolute atomic E-state index is 12.6. The van der Waals surface area contributed by atoms with Gasteiger partial charge in [0, 0.05) is 11.1 Å². The highest BCUT2D eigenvalue weighted by Crippen LogP contribution is 2.17. The lowest BCUT2D eigenvalue weighted by atomic mass is 10.1. The van der Waals surface area contributed by atoms with E-state index in [1.165, 1.54) is 24.3 Å². The highest BCUT2D eigenvalue weighted by molar-refractivity contribution is 7.92. The van der Waals surface area contributed by atoms with Crippen LogP contribution in [0.1, 0.15) is 22.3 Å². The summed E-state index contributed by atoms with van der Waals surface area (Å²) in [6, 6.07) is 21.7. The molecule has 0 aliphatic rings. The molecule has 0 atom stereocenters. The first-order valence-electron chi connectivity index (χ1n) is 9.46. The zero-order valence-electron chi connectivity index (χ0n) is 16.9. The maximum atomic E-state index is 12.6. The van der Waals surface area contributed by atoms with Crippen molar-refractivity contribution in [1.82, 2.24) is 0 Å². The molecule has 0 radical (unpaired) electrons. The molecule has 0 aliphatic carbocycles. The number of nitrogens with zero attached hydrogens (tertiary/aromatic N) is 1. The first-order chi connectivity index (χ1) is 15.4. The van der Waals surface area contributed by atoms with E-state index in [-0.39, 0.29) is 18.1 Å². The Morgan fingerprint density at radius 3 is 2.25 bits per heavy atom. The number of hydrogen-bond donors (Lipinski definition) is 2. The van der Waals surface area contributed by atoms with E-state index in [0.717, 1.165) is 11.1 Å². The Kier molecular flexibility index (Phi) is 7.25. The summed E-state index contributed by atoms with van der Waals surface area (Å²) in [7, 11) is -3.80. The third-order valence-corrected chi connectivity index (χ3v) is 5.60. The Morgan fingerprint density at radius 2 is 1.59 bits per heavy atom. The molecule has 0 aromatic heterocycles. The molecule has 0 aliphatic heterocycles. The zero-order chi connectivity index (χ0) is 23.0. The minimum atomic E-state index is -3.80. The molecule has 1 amide bonds. The van der Waals surface area contributed by atoms with E-state index in [1.54, 1.807) is 24.3 Å². The summed E-state index contributed by atoms with van der Waals surface area (Å²) in [5.74, 6) is 5.51. The molecule has 0 spiro atoms. The predicted molar refractivity (Wildman–Crippen MR) is 120 cm³/mol. The molecule has 160 valence electrons. The second kappa shape index (κ2) is 10.3. The number of hydrogen-bond acceptors (Lipinski definition) is 5. The van der Waals surface area contributed by atoms with Crippen molar-refractivity contribution in [2.24, 2.45) is 5.73 Å². The van der Waals surface area contributed by atoms with Crippen LogP contribution >= 0.6 is 0 Å². The lowest BCUT2D eigenvalue weighted by molar-refractivity contribution is -0.122. The number of nitrogens with one attached hydrogen (secondary N) is 1. The monoisotopic (exact) mass is 445 g/mol. The average Bonchev–Trinajstić information content (AvgIpc) is 2.78. The maximum Gasteiger partial charge on any atom is 0.261 e. The number of benzene rings is 3. The number of nitrogens with two attached hydrogens (primary N) is 1. The van der Waals surface area contributed by atoms with Crippen LogP contribution in [0, 0.1) is 23.2 Å². The molecule has 3 aromatic carbocycles. The molecule has 0 saturated heterocycles. The molecule has 3 rings (SSSR count). The van der Waals surface area contributed by atoms with E-state index in [9.17, 15) is 13.2 Å². The first-order valence-corrected chi connectivity index (χ1v) is 10.9. The van der Waals surface area contributed by atoms with Crippen molar-refractivity contribution in [3.63, 3.8) is 0 Å². The van der Waals surface area contributed by atoms with Gasteiger partial charge in [-0.1, -0.05) is 30.0 Å². The summed E-state index contributed by atoms with van der Waals surface area (Å²) < 4.78 is 32.9. The minimum Gasteiger partial charge on any atom is -0.368 e.